The molecule has 0 spiro atoms. The van der Waals surface area contributed by atoms with Crippen molar-refractivity contribution in [3.63, 3.8) is 0 Å². The van der Waals surface area contributed by atoms with E-state index in [1.165, 1.54) is 49.7 Å². The van der Waals surface area contributed by atoms with Crippen molar-refractivity contribution in [3.8, 4) is 11.5 Å². The Morgan fingerprint density at radius 2 is 1.61 bits per heavy atom. The third kappa shape index (κ3) is 4.28. The summed E-state index contributed by atoms with van der Waals surface area (Å²) in [6, 6.07) is 16.0. The molecule has 2 aromatic carbocycles. The molecule has 4 bridgehead atoms. The average Bonchev–Trinajstić information content (AvgIpc) is 2.78. The van der Waals surface area contributed by atoms with Crippen molar-refractivity contribution in [2.75, 3.05) is 14.2 Å². The zero-order valence-electron chi connectivity index (χ0n) is 20.5. The largest absolute Gasteiger partial charge is 0.493 e. The quantitative estimate of drug-likeness (QED) is 0.462. The van der Waals surface area contributed by atoms with Gasteiger partial charge in [0.25, 0.3) is 0 Å². The van der Waals surface area contributed by atoms with Crippen LogP contribution in [-0.2, 0) is 11.8 Å². The van der Waals surface area contributed by atoms with Gasteiger partial charge in [0.1, 0.15) is 0 Å². The summed E-state index contributed by atoms with van der Waals surface area (Å²) in [5.41, 5.74) is 3.55. The molecule has 4 fully saturated rings. The Morgan fingerprint density at radius 3 is 2.24 bits per heavy atom. The van der Waals surface area contributed by atoms with Gasteiger partial charge in [0, 0.05) is 17.1 Å². The molecule has 4 unspecified atom stereocenters. The van der Waals surface area contributed by atoms with Gasteiger partial charge >= 0.3 is 0 Å². The van der Waals surface area contributed by atoms with Crippen molar-refractivity contribution < 1.29 is 9.47 Å². The maximum Gasteiger partial charge on any atom is 0.160 e. The van der Waals surface area contributed by atoms with Crippen LogP contribution in [0, 0.1) is 17.3 Å². The molecule has 1 N–H and O–H groups in total. The number of nitrogens with one attached hydrogen (secondary N) is 1. The number of rotatable bonds is 8. The third-order valence-corrected chi connectivity index (χ3v) is 9.26. The lowest BCUT2D eigenvalue weighted by molar-refractivity contribution is -0.0893. The fourth-order valence-electron chi connectivity index (χ4n) is 8.00. The van der Waals surface area contributed by atoms with Crippen molar-refractivity contribution in [3.05, 3.63) is 58.6 Å². The van der Waals surface area contributed by atoms with E-state index in [9.17, 15) is 0 Å². The molecule has 3 nitrogen and oxygen atoms in total. The summed E-state index contributed by atoms with van der Waals surface area (Å²) in [6.45, 7) is 4.77. The van der Waals surface area contributed by atoms with Crippen LogP contribution in [-0.4, -0.2) is 26.3 Å². The molecule has 4 aliphatic carbocycles. The first kappa shape index (κ1) is 23.1. The summed E-state index contributed by atoms with van der Waals surface area (Å²) in [4.78, 5) is 0. The van der Waals surface area contributed by atoms with Gasteiger partial charge in [0.05, 0.1) is 14.2 Å². The van der Waals surface area contributed by atoms with Gasteiger partial charge in [-0.3, -0.25) is 0 Å². The maximum absolute atomic E-state index is 6.23. The zero-order valence-corrected chi connectivity index (χ0v) is 21.3. The Labute approximate surface area is 204 Å². The number of ether oxygens (including phenoxy) is 2. The van der Waals surface area contributed by atoms with E-state index in [0.29, 0.717) is 22.9 Å². The van der Waals surface area contributed by atoms with E-state index >= 15 is 0 Å². The fraction of sp³-hybridized carbons (Fsp3) is 0.586. The molecule has 2 aromatic rings. The SMILES string of the molecule is COc1ccc(CC(C)NC(C)C23CC4CC(CC(c5ccc(Cl)cc5)(C4)C2)C3)cc1OC. The monoisotopic (exact) mass is 467 g/mol. The summed E-state index contributed by atoms with van der Waals surface area (Å²) in [7, 11) is 3.39. The average molecular weight is 468 g/mol. The highest BCUT2D eigenvalue weighted by atomic mass is 35.5. The molecule has 4 aliphatic rings. The zero-order chi connectivity index (χ0) is 23.2. The van der Waals surface area contributed by atoms with E-state index in [2.05, 4.69) is 55.6 Å². The molecule has 178 valence electrons. The first-order valence-electron chi connectivity index (χ1n) is 12.6. The Balaban J connectivity index is 1.32. The highest BCUT2D eigenvalue weighted by molar-refractivity contribution is 6.30. The first-order chi connectivity index (χ1) is 15.8. The molecule has 0 aromatic heterocycles. The molecule has 0 amide bonds. The van der Waals surface area contributed by atoms with Crippen molar-refractivity contribution in [1.82, 2.24) is 5.32 Å². The minimum Gasteiger partial charge on any atom is -0.493 e. The molecule has 4 heteroatoms. The molecule has 0 aliphatic heterocycles. The van der Waals surface area contributed by atoms with Crippen LogP contribution in [0.25, 0.3) is 0 Å². The first-order valence-corrected chi connectivity index (χ1v) is 13.0. The van der Waals surface area contributed by atoms with Crippen molar-refractivity contribution >= 4 is 11.6 Å². The van der Waals surface area contributed by atoms with E-state index in [4.69, 9.17) is 21.1 Å². The Morgan fingerprint density at radius 1 is 0.939 bits per heavy atom. The molecule has 6 rings (SSSR count). The van der Waals surface area contributed by atoms with Gasteiger partial charge in [-0.1, -0.05) is 29.8 Å². The highest BCUT2D eigenvalue weighted by Gasteiger charge is 2.59. The lowest BCUT2D eigenvalue weighted by atomic mass is 9.41. The van der Waals surface area contributed by atoms with Crippen LogP contribution in [0.4, 0.5) is 0 Å². The molecule has 0 heterocycles. The lowest BCUT2D eigenvalue weighted by Crippen LogP contribution is -2.60. The van der Waals surface area contributed by atoms with E-state index in [1.54, 1.807) is 14.2 Å². The van der Waals surface area contributed by atoms with Crippen LogP contribution in [0.3, 0.4) is 0 Å². The second kappa shape index (κ2) is 8.82. The van der Waals surface area contributed by atoms with Gasteiger partial charge in [-0.2, -0.15) is 0 Å². The van der Waals surface area contributed by atoms with E-state index in [0.717, 1.165) is 34.8 Å². The maximum atomic E-state index is 6.23. The molecular weight excluding hydrogens is 430 g/mol. The summed E-state index contributed by atoms with van der Waals surface area (Å²) in [6.07, 6.45) is 9.22. The molecule has 4 saturated carbocycles. The van der Waals surface area contributed by atoms with Gasteiger partial charge < -0.3 is 14.8 Å². The Kier molecular flexibility index (Phi) is 6.16. The predicted octanol–water partition coefficient (Wildman–Crippen LogP) is 6.80. The summed E-state index contributed by atoms with van der Waals surface area (Å²) in [5.74, 6) is 3.33. The topological polar surface area (TPSA) is 30.5 Å². The second-order valence-electron chi connectivity index (χ2n) is 11.3. The number of hydrogen-bond acceptors (Lipinski definition) is 3. The van der Waals surface area contributed by atoms with Gasteiger partial charge in [0.15, 0.2) is 11.5 Å². The Bertz CT molecular complexity index is 974. The number of halogens is 1. The van der Waals surface area contributed by atoms with Crippen LogP contribution in [0.5, 0.6) is 11.5 Å². The van der Waals surface area contributed by atoms with Gasteiger partial charge in [0.2, 0.25) is 0 Å². The summed E-state index contributed by atoms with van der Waals surface area (Å²) < 4.78 is 10.9. The van der Waals surface area contributed by atoms with E-state index in [1.807, 2.05) is 6.07 Å². The van der Waals surface area contributed by atoms with Crippen molar-refractivity contribution in [2.45, 2.75) is 76.3 Å². The minimum absolute atomic E-state index is 0.344. The molecule has 33 heavy (non-hydrogen) atoms. The van der Waals surface area contributed by atoms with Crippen LogP contribution >= 0.6 is 11.6 Å². The van der Waals surface area contributed by atoms with Crippen molar-refractivity contribution in [2.24, 2.45) is 17.3 Å². The standard InChI is InChI=1S/C29H38ClNO2/c1-19(11-21-5-10-26(32-3)27(13-21)33-4)31-20(2)28-14-22-12-23(15-28)17-29(16-22,18-28)24-6-8-25(30)9-7-24/h5-10,13,19-20,22-23,31H,11-12,14-18H2,1-4H3. The number of methoxy groups -OCH3 is 2. The molecular formula is C29H38ClNO2. The molecule has 0 saturated heterocycles. The summed E-state index contributed by atoms with van der Waals surface area (Å²) in [5, 5.41) is 4.88. The Hall–Kier alpha value is -1.71. The van der Waals surface area contributed by atoms with Crippen LogP contribution in [0.1, 0.15) is 63.5 Å². The van der Waals surface area contributed by atoms with E-state index < -0.39 is 0 Å². The van der Waals surface area contributed by atoms with Crippen LogP contribution in [0.2, 0.25) is 5.02 Å². The second-order valence-corrected chi connectivity index (χ2v) is 11.7. The molecule has 4 atom stereocenters. The van der Waals surface area contributed by atoms with Crippen molar-refractivity contribution in [1.29, 1.82) is 0 Å². The smallest absolute Gasteiger partial charge is 0.160 e. The van der Waals surface area contributed by atoms with Gasteiger partial charge in [-0.25, -0.2) is 0 Å². The minimum atomic E-state index is 0.344. The number of hydrogen-bond donors (Lipinski definition) is 1. The number of benzene rings is 2. The predicted molar refractivity (Wildman–Crippen MR) is 136 cm³/mol. The van der Waals surface area contributed by atoms with Gasteiger partial charge in [-0.05, 0) is 117 Å². The van der Waals surface area contributed by atoms with Crippen LogP contribution in [0.15, 0.2) is 42.5 Å². The highest BCUT2D eigenvalue weighted by Crippen LogP contribution is 2.66. The van der Waals surface area contributed by atoms with Gasteiger partial charge in [-0.15, -0.1) is 0 Å². The normalized spacial score (nSPS) is 31.9. The lowest BCUT2D eigenvalue weighted by Gasteiger charge is -2.64. The summed E-state index contributed by atoms with van der Waals surface area (Å²) >= 11 is 6.23. The van der Waals surface area contributed by atoms with Crippen LogP contribution < -0.4 is 14.8 Å². The van der Waals surface area contributed by atoms with E-state index in [-0.39, 0.29) is 0 Å². The molecule has 0 radical (unpaired) electrons. The third-order valence-electron chi connectivity index (χ3n) is 9.01. The fourth-order valence-corrected chi connectivity index (χ4v) is 8.13.